The average Bonchev–Trinajstić information content (AvgIpc) is 3.24. The summed E-state index contributed by atoms with van der Waals surface area (Å²) in [5.74, 6) is 0.609. The molecule has 0 amide bonds. The topological polar surface area (TPSA) is 115 Å². The Morgan fingerprint density at radius 3 is 2.78 bits per heavy atom. The summed E-state index contributed by atoms with van der Waals surface area (Å²) in [4.78, 5) is 0. The summed E-state index contributed by atoms with van der Waals surface area (Å²) in [5, 5.41) is 44.4. The van der Waals surface area contributed by atoms with Crippen LogP contribution >= 0.6 is 0 Å². The van der Waals surface area contributed by atoms with Gasteiger partial charge in [-0.3, -0.25) is 0 Å². The maximum atomic E-state index is 10.3. The van der Waals surface area contributed by atoms with E-state index >= 15 is 0 Å². The number of aliphatic hydroxyl groups is 3. The number of allylic oxidation sites excluding steroid dienone is 2. The number of H-pyrrole nitrogens is 1. The molecule has 1 heterocycles. The van der Waals surface area contributed by atoms with Gasteiger partial charge in [0.05, 0.1) is 18.3 Å². The van der Waals surface area contributed by atoms with Crippen molar-refractivity contribution in [3.05, 3.63) is 30.1 Å². The van der Waals surface area contributed by atoms with Crippen molar-refractivity contribution >= 4 is 0 Å². The second-order valence-electron chi connectivity index (χ2n) is 7.49. The predicted molar refractivity (Wildman–Crippen MR) is 104 cm³/mol. The standard InChI is InChI=1S/C20H34N4O3/c1-2-3-6-9-15(25)12-13-17-16(18(26)14-19(17)27)10-7-4-5-8-11-20-21-23-24-22-20/h4,7,12-13,15-19,25-27H,2-3,5-6,8-11,14H2,1H3,(H,21,22,23,24)/b7-4-,13-12+/t15-,16+,17+,18-,19+/m0/s1. The predicted octanol–water partition coefficient (Wildman–Crippen LogP) is 2.32. The number of aliphatic hydroxyl groups excluding tert-OH is 3. The Morgan fingerprint density at radius 1 is 1.19 bits per heavy atom. The zero-order valence-corrected chi connectivity index (χ0v) is 16.2. The maximum Gasteiger partial charge on any atom is 0.174 e. The Balaban J connectivity index is 1.75. The molecule has 1 aromatic rings. The number of rotatable bonds is 12. The lowest BCUT2D eigenvalue weighted by atomic mass is 9.89. The fourth-order valence-corrected chi connectivity index (χ4v) is 3.70. The lowest BCUT2D eigenvalue weighted by Gasteiger charge is -2.19. The SMILES string of the molecule is CCCCC[C@H](O)/C=C/[C@@H]1[C@@H](C/C=C\CCCc2nn[nH]n2)[C@@H](O)C[C@H]1O. The van der Waals surface area contributed by atoms with Gasteiger partial charge in [-0.1, -0.05) is 55.7 Å². The van der Waals surface area contributed by atoms with Gasteiger partial charge in [0.1, 0.15) is 0 Å². The Bertz CT molecular complexity index is 562. The molecule has 1 saturated carbocycles. The highest BCUT2D eigenvalue weighted by atomic mass is 16.3. The molecule has 1 fully saturated rings. The zero-order chi connectivity index (χ0) is 19.5. The van der Waals surface area contributed by atoms with Crippen molar-refractivity contribution in [2.45, 2.75) is 83.0 Å². The second kappa shape index (κ2) is 12.0. The van der Waals surface area contributed by atoms with Crippen molar-refractivity contribution in [2.24, 2.45) is 11.8 Å². The van der Waals surface area contributed by atoms with Gasteiger partial charge in [0.15, 0.2) is 5.82 Å². The van der Waals surface area contributed by atoms with Crippen LogP contribution in [0.4, 0.5) is 0 Å². The van der Waals surface area contributed by atoms with Crippen LogP contribution < -0.4 is 0 Å². The van der Waals surface area contributed by atoms with Gasteiger partial charge < -0.3 is 15.3 Å². The molecule has 1 aliphatic carbocycles. The Kier molecular flexibility index (Phi) is 9.66. The van der Waals surface area contributed by atoms with Gasteiger partial charge in [-0.2, -0.15) is 5.21 Å². The Hall–Kier alpha value is -1.57. The van der Waals surface area contributed by atoms with E-state index in [-0.39, 0.29) is 11.8 Å². The molecule has 7 heteroatoms. The molecule has 1 aliphatic rings. The van der Waals surface area contributed by atoms with Crippen molar-refractivity contribution in [1.82, 2.24) is 20.6 Å². The highest BCUT2D eigenvalue weighted by molar-refractivity contribution is 5.06. The summed E-state index contributed by atoms with van der Waals surface area (Å²) in [6.45, 7) is 2.14. The smallest absolute Gasteiger partial charge is 0.174 e. The summed E-state index contributed by atoms with van der Waals surface area (Å²) in [6.07, 6.45) is 14.2. The van der Waals surface area contributed by atoms with E-state index < -0.39 is 18.3 Å². The molecule has 5 atom stereocenters. The second-order valence-corrected chi connectivity index (χ2v) is 7.49. The number of hydrogen-bond donors (Lipinski definition) is 4. The lowest BCUT2D eigenvalue weighted by Crippen LogP contribution is -2.20. The molecule has 0 unspecified atom stereocenters. The van der Waals surface area contributed by atoms with Crippen LogP contribution in [0.15, 0.2) is 24.3 Å². The molecular formula is C20H34N4O3. The van der Waals surface area contributed by atoms with Crippen LogP contribution in [0, 0.1) is 11.8 Å². The van der Waals surface area contributed by atoms with Crippen molar-refractivity contribution in [1.29, 1.82) is 0 Å². The van der Waals surface area contributed by atoms with Crippen molar-refractivity contribution in [2.75, 3.05) is 0 Å². The van der Waals surface area contributed by atoms with Gasteiger partial charge in [0.25, 0.3) is 0 Å². The zero-order valence-electron chi connectivity index (χ0n) is 16.2. The van der Waals surface area contributed by atoms with E-state index in [2.05, 4.69) is 39.7 Å². The molecular weight excluding hydrogens is 344 g/mol. The molecule has 0 aromatic carbocycles. The van der Waals surface area contributed by atoms with Crippen LogP contribution in [-0.2, 0) is 6.42 Å². The minimum Gasteiger partial charge on any atom is -0.393 e. The third-order valence-electron chi connectivity index (χ3n) is 5.31. The summed E-state index contributed by atoms with van der Waals surface area (Å²) in [7, 11) is 0. The van der Waals surface area contributed by atoms with Gasteiger partial charge >= 0.3 is 0 Å². The van der Waals surface area contributed by atoms with Gasteiger partial charge in [0, 0.05) is 18.8 Å². The van der Waals surface area contributed by atoms with E-state index in [0.717, 1.165) is 57.2 Å². The van der Waals surface area contributed by atoms with E-state index in [1.807, 2.05) is 6.08 Å². The normalized spacial score (nSPS) is 27.1. The number of nitrogens with one attached hydrogen (secondary N) is 1. The molecule has 0 aliphatic heterocycles. The largest absolute Gasteiger partial charge is 0.393 e. The molecule has 2 rings (SSSR count). The van der Waals surface area contributed by atoms with E-state index in [4.69, 9.17) is 0 Å². The molecule has 0 bridgehead atoms. The van der Waals surface area contributed by atoms with Gasteiger partial charge in [-0.05, 0) is 31.6 Å². The molecule has 1 aromatic heterocycles. The van der Waals surface area contributed by atoms with Crippen LogP contribution in [-0.4, -0.2) is 54.3 Å². The number of aromatic amines is 1. The minimum atomic E-state index is -0.546. The molecule has 7 nitrogen and oxygen atoms in total. The van der Waals surface area contributed by atoms with Crippen LogP contribution in [0.25, 0.3) is 0 Å². The van der Waals surface area contributed by atoms with E-state index in [9.17, 15) is 15.3 Å². The van der Waals surface area contributed by atoms with Crippen molar-refractivity contribution in [3.8, 4) is 0 Å². The number of hydrogen-bond acceptors (Lipinski definition) is 6. The lowest BCUT2D eigenvalue weighted by molar-refractivity contribution is 0.120. The van der Waals surface area contributed by atoms with E-state index in [1.165, 1.54) is 0 Å². The van der Waals surface area contributed by atoms with Gasteiger partial charge in [-0.15, -0.1) is 10.2 Å². The summed E-state index contributed by atoms with van der Waals surface area (Å²) < 4.78 is 0. The number of aryl methyl sites for hydroxylation is 1. The third kappa shape index (κ3) is 7.52. The number of unbranched alkanes of at least 4 members (excludes halogenated alkanes) is 3. The van der Waals surface area contributed by atoms with Crippen LogP contribution in [0.5, 0.6) is 0 Å². The van der Waals surface area contributed by atoms with Crippen molar-refractivity contribution in [3.63, 3.8) is 0 Å². The summed E-state index contributed by atoms with van der Waals surface area (Å²) >= 11 is 0. The Morgan fingerprint density at radius 2 is 2.04 bits per heavy atom. The maximum absolute atomic E-state index is 10.3. The molecule has 0 radical (unpaired) electrons. The first-order valence-electron chi connectivity index (χ1n) is 10.2. The molecule has 0 saturated heterocycles. The highest BCUT2D eigenvalue weighted by Gasteiger charge is 2.39. The first-order valence-corrected chi connectivity index (χ1v) is 10.2. The van der Waals surface area contributed by atoms with Crippen LogP contribution in [0.1, 0.15) is 64.1 Å². The van der Waals surface area contributed by atoms with Crippen LogP contribution in [0.2, 0.25) is 0 Å². The third-order valence-corrected chi connectivity index (χ3v) is 5.31. The van der Waals surface area contributed by atoms with E-state index in [0.29, 0.717) is 6.42 Å². The fourth-order valence-electron chi connectivity index (χ4n) is 3.70. The number of tetrazole rings is 1. The molecule has 27 heavy (non-hydrogen) atoms. The molecule has 4 N–H and O–H groups in total. The first-order chi connectivity index (χ1) is 13.1. The first kappa shape index (κ1) is 21.7. The monoisotopic (exact) mass is 378 g/mol. The minimum absolute atomic E-state index is 0.00690. The summed E-state index contributed by atoms with van der Waals surface area (Å²) in [5.41, 5.74) is 0. The molecule has 0 spiro atoms. The number of nitrogens with zero attached hydrogens (tertiary/aromatic N) is 3. The fraction of sp³-hybridized carbons (Fsp3) is 0.750. The number of aromatic nitrogens is 4. The quantitative estimate of drug-likeness (QED) is 0.328. The van der Waals surface area contributed by atoms with Crippen molar-refractivity contribution < 1.29 is 15.3 Å². The summed E-state index contributed by atoms with van der Waals surface area (Å²) in [6, 6.07) is 0. The van der Waals surface area contributed by atoms with Crippen LogP contribution in [0.3, 0.4) is 0 Å². The highest BCUT2D eigenvalue weighted by Crippen LogP contribution is 2.36. The van der Waals surface area contributed by atoms with Gasteiger partial charge in [-0.25, -0.2) is 0 Å². The van der Waals surface area contributed by atoms with Gasteiger partial charge in [0.2, 0.25) is 0 Å². The Labute approximate surface area is 161 Å². The average molecular weight is 379 g/mol. The molecule has 152 valence electrons. The van der Waals surface area contributed by atoms with E-state index in [1.54, 1.807) is 6.08 Å².